The van der Waals surface area contributed by atoms with Gasteiger partial charge in [-0.05, 0) is 19.3 Å². The normalized spacial score (nSPS) is 11.4. The number of unbranched alkanes of at least 4 members (excludes halogenated alkanes) is 4. The van der Waals surface area contributed by atoms with Gasteiger partial charge < -0.3 is 15.8 Å². The number of amides is 2. The lowest BCUT2D eigenvalue weighted by atomic mass is 10.1. The maximum absolute atomic E-state index is 11.4. The van der Waals surface area contributed by atoms with Gasteiger partial charge in [-0.2, -0.15) is 0 Å². The van der Waals surface area contributed by atoms with E-state index >= 15 is 0 Å². The van der Waals surface area contributed by atoms with Gasteiger partial charge in [-0.15, -0.1) is 6.58 Å². The van der Waals surface area contributed by atoms with Gasteiger partial charge in [0, 0.05) is 6.92 Å². The third-order valence-corrected chi connectivity index (χ3v) is 2.74. The molecule has 0 aliphatic carbocycles. The number of carbonyl (C=O) groups is 3. The molecular weight excluding hydrogens is 260 g/mol. The number of allylic oxidation sites excluding steroid dienone is 1. The topological polar surface area (TPSA) is 98.5 Å². The monoisotopic (exact) mass is 284 g/mol. The lowest BCUT2D eigenvalue weighted by Gasteiger charge is -2.15. The van der Waals surface area contributed by atoms with Gasteiger partial charge in [-0.25, -0.2) is 0 Å². The molecule has 0 saturated carbocycles. The summed E-state index contributed by atoms with van der Waals surface area (Å²) in [6.45, 7) is 4.47. The summed E-state index contributed by atoms with van der Waals surface area (Å²) in [5.74, 6) is -1.64. The highest BCUT2D eigenvalue weighted by Gasteiger charge is 2.17. The Labute approximate surface area is 119 Å². The van der Waals surface area contributed by atoms with Crippen molar-refractivity contribution in [2.75, 3.05) is 6.61 Å². The quantitative estimate of drug-likeness (QED) is 0.336. The number of esters is 1. The smallest absolute Gasteiger partial charge is 0.303 e. The highest BCUT2D eigenvalue weighted by molar-refractivity contribution is 5.87. The number of ether oxygens (including phenoxy) is 1. The fraction of sp³-hybridized carbons (Fsp3) is 0.643. The molecule has 0 aliphatic rings. The average Bonchev–Trinajstić information content (AvgIpc) is 2.38. The van der Waals surface area contributed by atoms with E-state index in [0.29, 0.717) is 6.42 Å². The van der Waals surface area contributed by atoms with Crippen LogP contribution in [-0.2, 0) is 19.1 Å². The molecule has 2 amide bonds. The van der Waals surface area contributed by atoms with E-state index in [1.54, 1.807) is 0 Å². The van der Waals surface area contributed by atoms with Crippen LogP contribution < -0.4 is 11.1 Å². The SMILES string of the molecule is C=CCCCCCC[C@@H](NC(=O)COC(C)=O)C(N)=O. The van der Waals surface area contributed by atoms with Gasteiger partial charge in [0.2, 0.25) is 5.91 Å². The molecular formula is C14H24N2O4. The summed E-state index contributed by atoms with van der Waals surface area (Å²) < 4.78 is 4.54. The predicted molar refractivity (Wildman–Crippen MR) is 75.7 cm³/mol. The zero-order chi connectivity index (χ0) is 15.4. The number of primary amides is 1. The van der Waals surface area contributed by atoms with Gasteiger partial charge in [0.25, 0.3) is 5.91 Å². The third-order valence-electron chi connectivity index (χ3n) is 2.74. The Morgan fingerprint density at radius 3 is 2.45 bits per heavy atom. The summed E-state index contributed by atoms with van der Waals surface area (Å²) in [5, 5.41) is 2.47. The standard InChI is InChI=1S/C14H24N2O4/c1-3-4-5-6-7-8-9-12(14(15)19)16-13(18)10-20-11(2)17/h3,12H,1,4-10H2,2H3,(H2,15,19)(H,16,18)/t12-/m1/s1. The average molecular weight is 284 g/mol. The summed E-state index contributed by atoms with van der Waals surface area (Å²) in [6, 6.07) is -0.711. The number of nitrogens with one attached hydrogen (secondary N) is 1. The molecule has 20 heavy (non-hydrogen) atoms. The van der Waals surface area contributed by atoms with E-state index < -0.39 is 30.4 Å². The van der Waals surface area contributed by atoms with Crippen LogP contribution in [0.5, 0.6) is 0 Å². The zero-order valence-electron chi connectivity index (χ0n) is 12.0. The molecule has 0 heterocycles. The molecule has 114 valence electrons. The van der Waals surface area contributed by atoms with Crippen LogP contribution in [0.3, 0.4) is 0 Å². The van der Waals surface area contributed by atoms with E-state index in [1.807, 2.05) is 6.08 Å². The fourth-order valence-corrected chi connectivity index (χ4v) is 1.68. The maximum Gasteiger partial charge on any atom is 0.303 e. The van der Waals surface area contributed by atoms with Crippen LogP contribution in [0.25, 0.3) is 0 Å². The van der Waals surface area contributed by atoms with Crippen LogP contribution in [0, 0.1) is 0 Å². The van der Waals surface area contributed by atoms with Crippen molar-refractivity contribution in [2.45, 2.75) is 51.5 Å². The number of rotatable bonds is 11. The number of hydrogen-bond donors (Lipinski definition) is 2. The predicted octanol–water partition coefficient (Wildman–Crippen LogP) is 1.05. The zero-order valence-corrected chi connectivity index (χ0v) is 12.0. The minimum absolute atomic E-state index is 0.390. The van der Waals surface area contributed by atoms with Crippen molar-refractivity contribution in [2.24, 2.45) is 5.73 Å². The Kier molecular flexibility index (Phi) is 10.00. The van der Waals surface area contributed by atoms with Crippen LogP contribution in [-0.4, -0.2) is 30.4 Å². The molecule has 0 aromatic heterocycles. The van der Waals surface area contributed by atoms with E-state index in [2.05, 4.69) is 16.6 Å². The van der Waals surface area contributed by atoms with Crippen molar-refractivity contribution in [3.05, 3.63) is 12.7 Å². The first-order valence-electron chi connectivity index (χ1n) is 6.80. The molecule has 0 aromatic carbocycles. The van der Waals surface area contributed by atoms with Crippen LogP contribution >= 0.6 is 0 Å². The second-order valence-electron chi connectivity index (χ2n) is 4.58. The van der Waals surface area contributed by atoms with Crippen molar-refractivity contribution < 1.29 is 19.1 Å². The van der Waals surface area contributed by atoms with Crippen molar-refractivity contribution in [1.29, 1.82) is 0 Å². The molecule has 0 aliphatic heterocycles. The summed E-state index contributed by atoms with van der Waals surface area (Å²) >= 11 is 0. The molecule has 3 N–H and O–H groups in total. The first kappa shape index (κ1) is 18.1. The van der Waals surface area contributed by atoms with E-state index in [0.717, 1.165) is 32.1 Å². The largest absolute Gasteiger partial charge is 0.456 e. The molecule has 0 radical (unpaired) electrons. The lowest BCUT2D eigenvalue weighted by Crippen LogP contribution is -2.45. The molecule has 0 aromatic rings. The molecule has 6 nitrogen and oxygen atoms in total. The highest BCUT2D eigenvalue weighted by atomic mass is 16.5. The van der Waals surface area contributed by atoms with Gasteiger partial charge in [0.05, 0.1) is 0 Å². The highest BCUT2D eigenvalue weighted by Crippen LogP contribution is 2.07. The lowest BCUT2D eigenvalue weighted by molar-refractivity contribution is -0.146. The van der Waals surface area contributed by atoms with E-state index in [1.165, 1.54) is 6.92 Å². The van der Waals surface area contributed by atoms with E-state index in [4.69, 9.17) is 5.73 Å². The number of hydrogen-bond acceptors (Lipinski definition) is 4. The Hall–Kier alpha value is -1.85. The molecule has 0 bridgehead atoms. The van der Waals surface area contributed by atoms with Gasteiger partial charge in [0.1, 0.15) is 6.04 Å². The van der Waals surface area contributed by atoms with E-state index in [-0.39, 0.29) is 0 Å². The Morgan fingerprint density at radius 1 is 1.25 bits per heavy atom. The molecule has 0 fully saturated rings. The molecule has 6 heteroatoms. The minimum Gasteiger partial charge on any atom is -0.456 e. The first-order valence-corrected chi connectivity index (χ1v) is 6.80. The number of nitrogens with two attached hydrogens (primary N) is 1. The van der Waals surface area contributed by atoms with Crippen LogP contribution in [0.1, 0.15) is 45.4 Å². The molecule has 0 saturated heterocycles. The van der Waals surface area contributed by atoms with Crippen molar-refractivity contribution >= 4 is 17.8 Å². The maximum atomic E-state index is 11.4. The molecule has 0 rings (SSSR count). The summed E-state index contributed by atoms with van der Waals surface area (Å²) in [7, 11) is 0. The van der Waals surface area contributed by atoms with Gasteiger partial charge >= 0.3 is 5.97 Å². The Morgan fingerprint density at radius 2 is 1.90 bits per heavy atom. The van der Waals surface area contributed by atoms with Gasteiger partial charge in [-0.1, -0.05) is 25.3 Å². The van der Waals surface area contributed by atoms with Crippen molar-refractivity contribution in [1.82, 2.24) is 5.32 Å². The third kappa shape index (κ3) is 10.1. The summed E-state index contributed by atoms with van der Waals surface area (Å²) in [6.07, 6.45) is 7.26. The molecule has 1 atom stereocenters. The Balaban J connectivity index is 3.92. The van der Waals surface area contributed by atoms with Crippen LogP contribution in [0.2, 0.25) is 0 Å². The second-order valence-corrected chi connectivity index (χ2v) is 4.58. The second kappa shape index (κ2) is 11.0. The van der Waals surface area contributed by atoms with Crippen molar-refractivity contribution in [3.8, 4) is 0 Å². The van der Waals surface area contributed by atoms with Crippen LogP contribution in [0.15, 0.2) is 12.7 Å². The van der Waals surface area contributed by atoms with E-state index in [9.17, 15) is 14.4 Å². The summed E-state index contributed by atoms with van der Waals surface area (Å²) in [4.78, 5) is 33.2. The van der Waals surface area contributed by atoms with Gasteiger partial charge in [0.15, 0.2) is 6.61 Å². The van der Waals surface area contributed by atoms with Crippen molar-refractivity contribution in [3.63, 3.8) is 0 Å². The Bertz CT molecular complexity index is 342. The van der Waals surface area contributed by atoms with Gasteiger partial charge in [-0.3, -0.25) is 14.4 Å². The fourth-order valence-electron chi connectivity index (χ4n) is 1.68. The van der Waals surface area contributed by atoms with Crippen LogP contribution in [0.4, 0.5) is 0 Å². The minimum atomic E-state index is -0.711. The number of carbonyl (C=O) groups excluding carboxylic acids is 3. The first-order chi connectivity index (χ1) is 9.47. The summed E-state index contributed by atoms with van der Waals surface area (Å²) in [5.41, 5.74) is 5.23. The molecule has 0 spiro atoms. The molecule has 0 unspecified atom stereocenters.